The molecule has 7 heteroatoms. The maximum absolute atomic E-state index is 14.1. The number of halogens is 1. The number of nitrogens with one attached hydrogen (secondary N) is 3. The highest BCUT2D eigenvalue weighted by atomic mass is 19.1. The number of ether oxygens (including phenoxy) is 1. The number of aryl methyl sites for hydroxylation is 2. The lowest BCUT2D eigenvalue weighted by Gasteiger charge is -2.10. The molecule has 154 valence electrons. The van der Waals surface area contributed by atoms with Gasteiger partial charge in [-0.05, 0) is 49.6 Å². The smallest absolute Gasteiger partial charge is 0.147 e. The molecule has 0 aliphatic heterocycles. The average molecular weight is 405 g/mol. The van der Waals surface area contributed by atoms with Crippen LogP contribution in [0.15, 0.2) is 48.8 Å². The number of anilines is 3. The molecule has 2 aromatic heterocycles. The van der Waals surface area contributed by atoms with Crippen LogP contribution in [0.2, 0.25) is 0 Å². The molecule has 0 spiro atoms. The standard InChI is InChI=1S/C23H24FN5O/c1-14-7-8-19(24)23-22(14)18(15(2)28-23)9-10-25-20-12-21(27-13-26-20)29-16-5-4-6-17(11-16)30-3/h4-8,11-13,28H,9-10H2,1-3H3,(H2,25,26,27,29). The number of nitrogens with zero attached hydrogens (tertiary/aromatic N) is 2. The molecule has 2 aromatic carbocycles. The van der Waals surface area contributed by atoms with Crippen LogP contribution in [0.25, 0.3) is 10.9 Å². The Hall–Kier alpha value is -3.61. The van der Waals surface area contributed by atoms with Crippen LogP contribution < -0.4 is 15.4 Å². The van der Waals surface area contributed by atoms with Crippen molar-refractivity contribution >= 4 is 28.2 Å². The molecule has 0 fully saturated rings. The molecule has 4 aromatic rings. The highest BCUT2D eigenvalue weighted by Gasteiger charge is 2.13. The largest absolute Gasteiger partial charge is 0.497 e. The van der Waals surface area contributed by atoms with E-state index >= 15 is 0 Å². The molecule has 0 radical (unpaired) electrons. The quantitative estimate of drug-likeness (QED) is 0.398. The summed E-state index contributed by atoms with van der Waals surface area (Å²) >= 11 is 0. The molecule has 30 heavy (non-hydrogen) atoms. The fraction of sp³-hybridized carbons (Fsp3) is 0.217. The Labute approximate surface area is 174 Å². The molecule has 4 rings (SSSR count). The molecule has 0 unspecified atom stereocenters. The molecule has 0 aliphatic rings. The number of methoxy groups -OCH3 is 1. The van der Waals surface area contributed by atoms with Crippen LogP contribution in [-0.2, 0) is 6.42 Å². The zero-order chi connectivity index (χ0) is 21.1. The number of benzene rings is 2. The minimum atomic E-state index is -0.220. The van der Waals surface area contributed by atoms with Crippen molar-refractivity contribution in [1.29, 1.82) is 0 Å². The molecule has 6 nitrogen and oxygen atoms in total. The van der Waals surface area contributed by atoms with E-state index in [0.29, 0.717) is 17.9 Å². The van der Waals surface area contributed by atoms with Crippen LogP contribution in [-0.4, -0.2) is 28.6 Å². The van der Waals surface area contributed by atoms with Crippen LogP contribution in [0, 0.1) is 19.7 Å². The lowest BCUT2D eigenvalue weighted by Crippen LogP contribution is -2.08. The minimum Gasteiger partial charge on any atom is -0.497 e. The summed E-state index contributed by atoms with van der Waals surface area (Å²) in [6.45, 7) is 4.65. The van der Waals surface area contributed by atoms with Gasteiger partial charge in [-0.1, -0.05) is 12.1 Å². The number of rotatable bonds is 7. The lowest BCUT2D eigenvalue weighted by atomic mass is 10.0. The summed E-state index contributed by atoms with van der Waals surface area (Å²) in [7, 11) is 1.64. The van der Waals surface area contributed by atoms with Gasteiger partial charge in [0.1, 0.15) is 29.5 Å². The number of fused-ring (bicyclic) bond motifs is 1. The molecule has 2 heterocycles. The Morgan fingerprint density at radius 2 is 1.90 bits per heavy atom. The molecule has 0 aliphatic carbocycles. The number of hydrogen-bond donors (Lipinski definition) is 3. The predicted octanol–water partition coefficient (Wildman–Crippen LogP) is 5.12. The Bertz CT molecular complexity index is 1190. The maximum Gasteiger partial charge on any atom is 0.147 e. The van der Waals surface area contributed by atoms with Gasteiger partial charge in [0.25, 0.3) is 0 Å². The SMILES string of the molecule is COc1cccc(Nc2cc(NCCc3c(C)[nH]c4c(F)ccc(C)c34)ncn2)c1. The van der Waals surface area contributed by atoms with Gasteiger partial charge in [-0.2, -0.15) is 0 Å². The number of aromatic amines is 1. The molecule has 3 N–H and O–H groups in total. The average Bonchev–Trinajstić information content (AvgIpc) is 3.09. The molecular formula is C23H24FN5O. The Kier molecular flexibility index (Phi) is 5.52. The second-order valence-corrected chi connectivity index (χ2v) is 7.17. The van der Waals surface area contributed by atoms with Crippen LogP contribution in [0.5, 0.6) is 5.75 Å². The predicted molar refractivity (Wildman–Crippen MR) is 118 cm³/mol. The van der Waals surface area contributed by atoms with E-state index in [2.05, 4.69) is 25.6 Å². The van der Waals surface area contributed by atoms with E-state index in [0.717, 1.165) is 45.9 Å². The normalized spacial score (nSPS) is 10.9. The molecule has 0 amide bonds. The molecule has 0 atom stereocenters. The first kappa shape index (κ1) is 19.7. The van der Waals surface area contributed by atoms with Gasteiger partial charge < -0.3 is 20.4 Å². The Morgan fingerprint density at radius 3 is 2.73 bits per heavy atom. The molecule has 0 saturated carbocycles. The Balaban J connectivity index is 1.45. The topological polar surface area (TPSA) is 74.9 Å². The van der Waals surface area contributed by atoms with E-state index in [-0.39, 0.29) is 5.82 Å². The highest BCUT2D eigenvalue weighted by molar-refractivity contribution is 5.88. The summed E-state index contributed by atoms with van der Waals surface area (Å²) in [4.78, 5) is 11.8. The van der Waals surface area contributed by atoms with Crippen LogP contribution in [0.1, 0.15) is 16.8 Å². The zero-order valence-electron chi connectivity index (χ0n) is 17.2. The van der Waals surface area contributed by atoms with Crippen LogP contribution >= 0.6 is 0 Å². The van der Waals surface area contributed by atoms with Gasteiger partial charge in [0.15, 0.2) is 0 Å². The van der Waals surface area contributed by atoms with Crippen molar-refractivity contribution < 1.29 is 9.13 Å². The van der Waals surface area contributed by atoms with E-state index in [9.17, 15) is 4.39 Å². The van der Waals surface area contributed by atoms with Gasteiger partial charge in [0.2, 0.25) is 0 Å². The highest BCUT2D eigenvalue weighted by Crippen LogP contribution is 2.28. The minimum absolute atomic E-state index is 0.220. The first-order valence-corrected chi connectivity index (χ1v) is 9.78. The molecular weight excluding hydrogens is 381 g/mol. The van der Waals surface area contributed by atoms with E-state index < -0.39 is 0 Å². The summed E-state index contributed by atoms with van der Waals surface area (Å²) in [6, 6.07) is 12.8. The van der Waals surface area contributed by atoms with Crippen molar-refractivity contribution in [3.63, 3.8) is 0 Å². The van der Waals surface area contributed by atoms with Crippen molar-refractivity contribution in [2.24, 2.45) is 0 Å². The van der Waals surface area contributed by atoms with E-state index in [1.807, 2.05) is 50.2 Å². The van der Waals surface area contributed by atoms with Crippen molar-refractivity contribution in [3.05, 3.63) is 71.4 Å². The van der Waals surface area contributed by atoms with Crippen molar-refractivity contribution in [3.8, 4) is 5.75 Å². The second-order valence-electron chi connectivity index (χ2n) is 7.17. The maximum atomic E-state index is 14.1. The number of H-pyrrole nitrogens is 1. The fourth-order valence-corrected chi connectivity index (χ4v) is 3.64. The van der Waals surface area contributed by atoms with Gasteiger partial charge >= 0.3 is 0 Å². The lowest BCUT2D eigenvalue weighted by molar-refractivity contribution is 0.415. The summed E-state index contributed by atoms with van der Waals surface area (Å²) in [6.07, 6.45) is 2.26. The van der Waals surface area contributed by atoms with Gasteiger partial charge in [0, 0.05) is 35.4 Å². The summed E-state index contributed by atoms with van der Waals surface area (Å²) in [5.74, 6) is 1.95. The molecule has 0 saturated heterocycles. The van der Waals surface area contributed by atoms with E-state index in [1.165, 1.54) is 12.4 Å². The third-order valence-electron chi connectivity index (χ3n) is 5.12. The van der Waals surface area contributed by atoms with Gasteiger partial charge in [0.05, 0.1) is 12.6 Å². The van der Waals surface area contributed by atoms with Crippen LogP contribution in [0.3, 0.4) is 0 Å². The monoisotopic (exact) mass is 405 g/mol. The Morgan fingerprint density at radius 1 is 1.07 bits per heavy atom. The number of aromatic nitrogens is 3. The second kappa shape index (κ2) is 8.41. The number of hydrogen-bond acceptors (Lipinski definition) is 5. The van der Waals surface area contributed by atoms with Crippen molar-refractivity contribution in [2.45, 2.75) is 20.3 Å². The third-order valence-corrected chi connectivity index (χ3v) is 5.12. The summed E-state index contributed by atoms with van der Waals surface area (Å²) in [5.41, 5.74) is 4.64. The van der Waals surface area contributed by atoms with E-state index in [1.54, 1.807) is 7.11 Å². The van der Waals surface area contributed by atoms with Gasteiger partial charge in [-0.15, -0.1) is 0 Å². The zero-order valence-corrected chi connectivity index (χ0v) is 17.2. The van der Waals surface area contributed by atoms with Crippen molar-refractivity contribution in [1.82, 2.24) is 15.0 Å². The molecule has 0 bridgehead atoms. The van der Waals surface area contributed by atoms with Crippen molar-refractivity contribution in [2.75, 3.05) is 24.3 Å². The van der Waals surface area contributed by atoms with Gasteiger partial charge in [-0.3, -0.25) is 0 Å². The van der Waals surface area contributed by atoms with Gasteiger partial charge in [-0.25, -0.2) is 14.4 Å². The van der Waals surface area contributed by atoms with Crippen LogP contribution in [0.4, 0.5) is 21.7 Å². The first-order valence-electron chi connectivity index (χ1n) is 9.78. The fourth-order valence-electron chi connectivity index (χ4n) is 3.64. The third kappa shape index (κ3) is 4.05. The first-order chi connectivity index (χ1) is 14.5. The summed E-state index contributed by atoms with van der Waals surface area (Å²) in [5, 5.41) is 7.56. The summed E-state index contributed by atoms with van der Waals surface area (Å²) < 4.78 is 19.4. The van der Waals surface area contributed by atoms with E-state index in [4.69, 9.17) is 4.74 Å².